The fourth-order valence-corrected chi connectivity index (χ4v) is 3.92. The van der Waals surface area contributed by atoms with Crippen LogP contribution in [-0.4, -0.2) is 43.0 Å². The number of methoxy groups -OCH3 is 1. The van der Waals surface area contributed by atoms with Crippen LogP contribution in [0.1, 0.15) is 5.56 Å². The second kappa shape index (κ2) is 8.10. The summed E-state index contributed by atoms with van der Waals surface area (Å²) < 4.78 is 31.6. The number of hydrogen-bond donors (Lipinski definition) is 1. The largest absolute Gasteiger partial charge is 0.495 e. The molecule has 2 aromatic carbocycles. The van der Waals surface area contributed by atoms with E-state index in [1.165, 1.54) is 20.1 Å². The van der Waals surface area contributed by atoms with E-state index < -0.39 is 54.3 Å². The Morgan fingerprint density at radius 1 is 1.14 bits per heavy atom. The highest BCUT2D eigenvalue weighted by molar-refractivity contribution is 7.92. The van der Waals surface area contributed by atoms with Gasteiger partial charge in [-0.05, 0) is 19.1 Å². The minimum absolute atomic E-state index is 0.137. The monoisotopic (exact) mass is 425 g/mol. The molecule has 2 rings (SSSR count). The number of hydrogen-bond acceptors (Lipinski definition) is 8. The number of anilines is 1. The topological polar surface area (TPSA) is 170 Å². The number of carboxylic acids is 1. The van der Waals surface area contributed by atoms with Gasteiger partial charge in [-0.25, -0.2) is 8.42 Å². The third kappa shape index (κ3) is 4.40. The normalized spacial score (nSPS) is 11.0. The molecule has 2 aromatic rings. The SMILES string of the molecule is COc1ccc([N+](=O)[O-])cc1N(CC(=O)O)S(=O)(=O)c1ccc(C)c([N+](=O)[O-])c1. The highest BCUT2D eigenvalue weighted by Gasteiger charge is 2.32. The molecule has 0 aliphatic rings. The summed E-state index contributed by atoms with van der Waals surface area (Å²) in [6.45, 7) is 0.314. The van der Waals surface area contributed by atoms with E-state index in [1.807, 2.05) is 0 Å². The van der Waals surface area contributed by atoms with Crippen LogP contribution in [0.5, 0.6) is 5.75 Å². The van der Waals surface area contributed by atoms with Crippen molar-refractivity contribution in [2.45, 2.75) is 11.8 Å². The molecule has 0 spiro atoms. The van der Waals surface area contributed by atoms with Crippen LogP contribution in [0.25, 0.3) is 0 Å². The maximum atomic E-state index is 13.1. The minimum atomic E-state index is -4.65. The Kier molecular flexibility index (Phi) is 6.02. The third-order valence-electron chi connectivity index (χ3n) is 3.89. The number of non-ortho nitro benzene ring substituents is 1. The quantitative estimate of drug-likeness (QED) is 0.491. The van der Waals surface area contributed by atoms with Crippen LogP contribution in [0.2, 0.25) is 0 Å². The van der Waals surface area contributed by atoms with E-state index in [0.29, 0.717) is 4.31 Å². The summed E-state index contributed by atoms with van der Waals surface area (Å²) >= 11 is 0. The van der Waals surface area contributed by atoms with Crippen molar-refractivity contribution in [1.82, 2.24) is 0 Å². The first-order chi connectivity index (χ1) is 13.5. The number of sulfonamides is 1. The second-order valence-electron chi connectivity index (χ2n) is 5.72. The van der Waals surface area contributed by atoms with Crippen molar-refractivity contribution in [1.29, 1.82) is 0 Å². The molecule has 0 bridgehead atoms. The van der Waals surface area contributed by atoms with Gasteiger partial charge in [-0.1, -0.05) is 6.07 Å². The molecule has 0 aliphatic carbocycles. The van der Waals surface area contributed by atoms with Crippen LogP contribution >= 0.6 is 0 Å². The van der Waals surface area contributed by atoms with Gasteiger partial charge in [-0.15, -0.1) is 0 Å². The van der Waals surface area contributed by atoms with Crippen LogP contribution in [-0.2, 0) is 14.8 Å². The number of ether oxygens (including phenoxy) is 1. The van der Waals surface area contributed by atoms with Gasteiger partial charge in [-0.3, -0.25) is 29.3 Å². The number of benzene rings is 2. The van der Waals surface area contributed by atoms with Gasteiger partial charge in [0.1, 0.15) is 18.0 Å². The zero-order chi connectivity index (χ0) is 21.9. The van der Waals surface area contributed by atoms with Gasteiger partial charge in [0, 0.05) is 23.8 Å². The predicted octanol–water partition coefficient (Wildman–Crippen LogP) is 2.10. The van der Waals surface area contributed by atoms with E-state index >= 15 is 0 Å². The molecule has 13 heteroatoms. The maximum Gasteiger partial charge on any atom is 0.324 e. The number of aryl methyl sites for hydroxylation is 1. The number of aliphatic carboxylic acids is 1. The summed E-state index contributed by atoms with van der Waals surface area (Å²) in [5.41, 5.74) is -1.17. The molecule has 0 fully saturated rings. The average molecular weight is 425 g/mol. The second-order valence-corrected chi connectivity index (χ2v) is 7.59. The number of nitro benzene ring substituents is 2. The number of carbonyl (C=O) groups is 1. The average Bonchev–Trinajstić information content (AvgIpc) is 2.65. The van der Waals surface area contributed by atoms with Gasteiger partial charge in [0.25, 0.3) is 21.4 Å². The van der Waals surface area contributed by atoms with Crippen LogP contribution in [0, 0.1) is 27.2 Å². The van der Waals surface area contributed by atoms with Crippen LogP contribution in [0.3, 0.4) is 0 Å². The molecule has 0 saturated carbocycles. The molecule has 0 atom stereocenters. The predicted molar refractivity (Wildman–Crippen MR) is 99.6 cm³/mol. The van der Waals surface area contributed by atoms with Crippen LogP contribution < -0.4 is 9.04 Å². The zero-order valence-electron chi connectivity index (χ0n) is 15.1. The molecular weight excluding hydrogens is 410 g/mol. The fraction of sp³-hybridized carbons (Fsp3) is 0.188. The standard InChI is InChI=1S/C16H15N3O9S/c1-10-3-5-12(8-13(10)19(24)25)29(26,27)17(9-16(20)21)14-7-11(18(22)23)4-6-15(14)28-2/h3-8H,9H2,1-2H3,(H,20,21). The summed E-state index contributed by atoms with van der Waals surface area (Å²) in [6.07, 6.45) is 0. The van der Waals surface area contributed by atoms with E-state index in [2.05, 4.69) is 0 Å². The van der Waals surface area contributed by atoms with Gasteiger partial charge in [0.2, 0.25) is 0 Å². The zero-order valence-corrected chi connectivity index (χ0v) is 16.0. The van der Waals surface area contributed by atoms with E-state index in [-0.39, 0.29) is 11.3 Å². The molecule has 12 nitrogen and oxygen atoms in total. The highest BCUT2D eigenvalue weighted by Crippen LogP contribution is 2.36. The summed E-state index contributed by atoms with van der Waals surface area (Å²) in [7, 11) is -3.48. The molecule has 0 unspecified atom stereocenters. The molecule has 1 N–H and O–H groups in total. The summed E-state index contributed by atoms with van der Waals surface area (Å²) in [5.74, 6) is -1.69. The fourth-order valence-electron chi connectivity index (χ4n) is 2.48. The number of rotatable bonds is 8. The molecule has 0 heterocycles. The number of carboxylic acid groups (broad SMARTS) is 1. The Balaban J connectivity index is 2.75. The summed E-state index contributed by atoms with van der Waals surface area (Å²) in [4.78, 5) is 31.4. The van der Waals surface area contributed by atoms with Crippen molar-refractivity contribution in [2.24, 2.45) is 0 Å². The Labute approximate surface area is 164 Å². The lowest BCUT2D eigenvalue weighted by Crippen LogP contribution is -2.36. The van der Waals surface area contributed by atoms with Crippen molar-refractivity contribution < 1.29 is 32.9 Å². The maximum absolute atomic E-state index is 13.1. The van der Waals surface area contributed by atoms with E-state index in [4.69, 9.17) is 4.74 Å². The van der Waals surface area contributed by atoms with Crippen molar-refractivity contribution in [3.05, 3.63) is 62.2 Å². The van der Waals surface area contributed by atoms with Gasteiger partial charge in [-0.2, -0.15) is 0 Å². The van der Waals surface area contributed by atoms with Crippen LogP contribution in [0.15, 0.2) is 41.3 Å². The van der Waals surface area contributed by atoms with Crippen molar-refractivity contribution in [3.63, 3.8) is 0 Å². The number of nitrogens with zero attached hydrogens (tertiary/aromatic N) is 3. The molecule has 0 aromatic heterocycles. The van der Waals surface area contributed by atoms with Crippen molar-refractivity contribution in [2.75, 3.05) is 18.0 Å². The molecule has 0 saturated heterocycles. The smallest absolute Gasteiger partial charge is 0.324 e. The lowest BCUT2D eigenvalue weighted by Gasteiger charge is -2.24. The Bertz CT molecular complexity index is 1100. The van der Waals surface area contributed by atoms with Gasteiger partial charge in [0.05, 0.1) is 21.9 Å². The van der Waals surface area contributed by atoms with Gasteiger partial charge in [0.15, 0.2) is 0 Å². The van der Waals surface area contributed by atoms with Crippen molar-refractivity contribution >= 4 is 33.1 Å². The molecule has 29 heavy (non-hydrogen) atoms. The lowest BCUT2D eigenvalue weighted by molar-refractivity contribution is -0.385. The molecule has 0 aliphatic heterocycles. The first kappa shape index (κ1) is 21.6. The Hall–Kier alpha value is -3.74. The van der Waals surface area contributed by atoms with Gasteiger partial charge < -0.3 is 9.84 Å². The first-order valence-electron chi connectivity index (χ1n) is 7.81. The molecular formula is C16H15N3O9S. The van der Waals surface area contributed by atoms with Crippen LogP contribution in [0.4, 0.5) is 17.1 Å². The summed E-state index contributed by atoms with van der Waals surface area (Å²) in [5, 5.41) is 31.4. The first-order valence-corrected chi connectivity index (χ1v) is 9.25. The highest BCUT2D eigenvalue weighted by atomic mass is 32.2. The minimum Gasteiger partial charge on any atom is -0.495 e. The lowest BCUT2D eigenvalue weighted by atomic mass is 10.2. The molecule has 0 radical (unpaired) electrons. The Morgan fingerprint density at radius 3 is 2.31 bits per heavy atom. The van der Waals surface area contributed by atoms with E-state index in [0.717, 1.165) is 30.3 Å². The van der Waals surface area contributed by atoms with Gasteiger partial charge >= 0.3 is 5.97 Å². The number of nitro groups is 2. The van der Waals surface area contributed by atoms with Crippen molar-refractivity contribution in [3.8, 4) is 5.75 Å². The molecule has 154 valence electrons. The third-order valence-corrected chi connectivity index (χ3v) is 5.64. The van der Waals surface area contributed by atoms with E-state index in [1.54, 1.807) is 0 Å². The summed E-state index contributed by atoms with van der Waals surface area (Å²) in [6, 6.07) is 6.11. The molecule has 0 amide bonds. The Morgan fingerprint density at radius 2 is 1.79 bits per heavy atom. The van der Waals surface area contributed by atoms with E-state index in [9.17, 15) is 38.5 Å².